The summed E-state index contributed by atoms with van der Waals surface area (Å²) in [5.41, 5.74) is 0. The number of rotatable bonds is 13. The van der Waals surface area contributed by atoms with Gasteiger partial charge in [-0.15, -0.1) is 5.10 Å². The maximum Gasteiger partial charge on any atom is 0.165 e. The van der Waals surface area contributed by atoms with E-state index in [1.165, 1.54) is 0 Å². The summed E-state index contributed by atoms with van der Waals surface area (Å²) in [5, 5.41) is 14.9. The minimum absolute atomic E-state index is 0.643. The summed E-state index contributed by atoms with van der Waals surface area (Å²) in [6, 6.07) is 0. The predicted molar refractivity (Wildman–Crippen MR) is 73.3 cm³/mol. The summed E-state index contributed by atoms with van der Waals surface area (Å²) >= 11 is 0. The molecule has 0 saturated heterocycles. The van der Waals surface area contributed by atoms with E-state index in [0.29, 0.717) is 26.4 Å². The average molecular weight is 287 g/mol. The van der Waals surface area contributed by atoms with E-state index in [9.17, 15) is 0 Å². The number of unbranched alkanes of at least 4 members (excludes halogenated alkanes) is 1. The molecule has 0 spiro atoms. The lowest BCUT2D eigenvalue weighted by Gasteiger charge is -2.06. The first-order valence-corrected chi connectivity index (χ1v) is 6.90. The van der Waals surface area contributed by atoms with Crippen LogP contribution in [0.25, 0.3) is 0 Å². The molecule has 0 unspecified atom stereocenters. The molecule has 0 aliphatic carbocycles. The second-order valence-corrected chi connectivity index (χ2v) is 4.30. The summed E-state index contributed by atoms with van der Waals surface area (Å²) in [4.78, 5) is 0. The molecule has 8 nitrogen and oxygen atoms in total. The molecule has 116 valence electrons. The molecule has 1 N–H and O–H groups in total. The largest absolute Gasteiger partial charge is 0.383 e. The van der Waals surface area contributed by atoms with Gasteiger partial charge in [0.15, 0.2) is 5.82 Å². The Balaban J connectivity index is 2.09. The number of ether oxygens (including phenoxy) is 3. The van der Waals surface area contributed by atoms with Crippen LogP contribution in [0.3, 0.4) is 0 Å². The van der Waals surface area contributed by atoms with Crippen LogP contribution in [0.2, 0.25) is 0 Å². The minimum Gasteiger partial charge on any atom is -0.383 e. The molecule has 0 radical (unpaired) electrons. The van der Waals surface area contributed by atoms with Crippen LogP contribution in [0.1, 0.15) is 18.7 Å². The number of hydrogen-bond donors (Lipinski definition) is 1. The Hall–Kier alpha value is -1.09. The standard InChI is InChI=1S/C12H25N5O3/c1-18-8-5-13-11-12-14-15-16-17(12)6-3-4-7-20-10-9-19-2/h13H,3-11H2,1-2H3. The molecule has 8 heteroatoms. The maximum absolute atomic E-state index is 5.40. The van der Waals surface area contributed by atoms with Crippen molar-refractivity contribution in [3.05, 3.63) is 5.82 Å². The molecule has 20 heavy (non-hydrogen) atoms. The quantitative estimate of drug-likeness (QED) is 0.505. The van der Waals surface area contributed by atoms with Crippen molar-refractivity contribution in [2.24, 2.45) is 0 Å². The zero-order valence-corrected chi connectivity index (χ0v) is 12.4. The molecule has 0 atom stereocenters. The highest BCUT2D eigenvalue weighted by Crippen LogP contribution is 1.98. The zero-order valence-electron chi connectivity index (χ0n) is 12.4. The number of aromatic nitrogens is 4. The molecule has 0 bridgehead atoms. The lowest BCUT2D eigenvalue weighted by atomic mass is 10.3. The molecule has 1 rings (SSSR count). The predicted octanol–water partition coefficient (Wildman–Crippen LogP) is -0.148. The molecule has 0 aromatic carbocycles. The summed E-state index contributed by atoms with van der Waals surface area (Å²) in [6.07, 6.45) is 1.98. The molecule has 1 heterocycles. The van der Waals surface area contributed by atoms with Gasteiger partial charge in [0.1, 0.15) is 0 Å². The van der Waals surface area contributed by atoms with Gasteiger partial charge in [0.25, 0.3) is 0 Å². The monoisotopic (exact) mass is 287 g/mol. The summed E-state index contributed by atoms with van der Waals surface area (Å²) in [5.74, 6) is 0.849. The van der Waals surface area contributed by atoms with Gasteiger partial charge in [-0.05, 0) is 23.3 Å². The third-order valence-corrected chi connectivity index (χ3v) is 2.71. The molecular weight excluding hydrogens is 262 g/mol. The summed E-state index contributed by atoms with van der Waals surface area (Å²) < 4.78 is 17.1. The van der Waals surface area contributed by atoms with Crippen LogP contribution in [0.5, 0.6) is 0 Å². The van der Waals surface area contributed by atoms with Crippen LogP contribution in [0, 0.1) is 0 Å². The normalized spacial score (nSPS) is 11.1. The number of tetrazole rings is 1. The Morgan fingerprint density at radius 3 is 2.70 bits per heavy atom. The lowest BCUT2D eigenvalue weighted by molar-refractivity contribution is 0.0683. The Kier molecular flexibility index (Phi) is 9.93. The number of nitrogens with zero attached hydrogens (tertiary/aromatic N) is 4. The van der Waals surface area contributed by atoms with E-state index < -0.39 is 0 Å². The number of hydrogen-bond acceptors (Lipinski definition) is 7. The van der Waals surface area contributed by atoms with Crippen LogP contribution >= 0.6 is 0 Å². The van der Waals surface area contributed by atoms with Crippen molar-refractivity contribution in [1.82, 2.24) is 25.5 Å². The van der Waals surface area contributed by atoms with Crippen molar-refractivity contribution in [2.75, 3.05) is 47.2 Å². The number of methoxy groups -OCH3 is 2. The molecule has 0 amide bonds. The smallest absolute Gasteiger partial charge is 0.165 e. The fraction of sp³-hybridized carbons (Fsp3) is 0.917. The van der Waals surface area contributed by atoms with Crippen molar-refractivity contribution >= 4 is 0 Å². The van der Waals surface area contributed by atoms with Crippen molar-refractivity contribution in [3.8, 4) is 0 Å². The first-order chi connectivity index (χ1) is 9.88. The van der Waals surface area contributed by atoms with Crippen LogP contribution in [0.4, 0.5) is 0 Å². The molecular formula is C12H25N5O3. The topological polar surface area (TPSA) is 83.3 Å². The van der Waals surface area contributed by atoms with Gasteiger partial charge < -0.3 is 19.5 Å². The van der Waals surface area contributed by atoms with Gasteiger partial charge in [0.2, 0.25) is 0 Å². The van der Waals surface area contributed by atoms with Gasteiger partial charge in [0, 0.05) is 33.9 Å². The highest BCUT2D eigenvalue weighted by Gasteiger charge is 2.04. The van der Waals surface area contributed by atoms with Crippen LogP contribution in [-0.2, 0) is 27.3 Å². The van der Waals surface area contributed by atoms with Crippen LogP contribution in [-0.4, -0.2) is 67.4 Å². The Bertz CT molecular complexity index is 335. The second kappa shape index (κ2) is 11.7. The van der Waals surface area contributed by atoms with E-state index in [0.717, 1.165) is 38.4 Å². The van der Waals surface area contributed by atoms with E-state index in [1.54, 1.807) is 14.2 Å². The van der Waals surface area contributed by atoms with Gasteiger partial charge in [0.05, 0.1) is 26.4 Å². The second-order valence-electron chi connectivity index (χ2n) is 4.30. The van der Waals surface area contributed by atoms with E-state index in [2.05, 4.69) is 20.8 Å². The fourth-order valence-corrected chi connectivity index (χ4v) is 1.61. The Morgan fingerprint density at radius 2 is 1.90 bits per heavy atom. The van der Waals surface area contributed by atoms with Crippen LogP contribution in [0.15, 0.2) is 0 Å². The first kappa shape index (κ1) is 17.0. The van der Waals surface area contributed by atoms with Crippen molar-refractivity contribution in [3.63, 3.8) is 0 Å². The molecule has 0 saturated carbocycles. The Labute approximate surface area is 119 Å². The van der Waals surface area contributed by atoms with Crippen LogP contribution < -0.4 is 5.32 Å². The SMILES string of the molecule is COCCNCc1nnnn1CCCCOCCOC. The Morgan fingerprint density at radius 1 is 1.05 bits per heavy atom. The molecule has 1 aromatic rings. The average Bonchev–Trinajstić information content (AvgIpc) is 2.90. The van der Waals surface area contributed by atoms with E-state index in [-0.39, 0.29) is 0 Å². The third kappa shape index (κ3) is 7.49. The molecule has 0 fully saturated rings. The molecule has 1 aromatic heterocycles. The van der Waals surface area contributed by atoms with Gasteiger partial charge in [-0.3, -0.25) is 0 Å². The van der Waals surface area contributed by atoms with E-state index in [1.807, 2.05) is 4.68 Å². The zero-order chi connectivity index (χ0) is 14.5. The van der Waals surface area contributed by atoms with Crippen molar-refractivity contribution < 1.29 is 14.2 Å². The van der Waals surface area contributed by atoms with E-state index >= 15 is 0 Å². The third-order valence-electron chi connectivity index (χ3n) is 2.71. The highest BCUT2D eigenvalue weighted by atomic mass is 16.5. The molecule has 0 aliphatic rings. The van der Waals surface area contributed by atoms with Gasteiger partial charge in [-0.1, -0.05) is 0 Å². The summed E-state index contributed by atoms with van der Waals surface area (Å²) in [6.45, 7) is 4.97. The molecule has 0 aliphatic heterocycles. The summed E-state index contributed by atoms with van der Waals surface area (Å²) in [7, 11) is 3.35. The number of nitrogens with one attached hydrogen (secondary N) is 1. The maximum atomic E-state index is 5.40. The van der Waals surface area contributed by atoms with Gasteiger partial charge in [-0.25, -0.2) is 4.68 Å². The van der Waals surface area contributed by atoms with Crippen molar-refractivity contribution in [1.29, 1.82) is 0 Å². The van der Waals surface area contributed by atoms with E-state index in [4.69, 9.17) is 14.2 Å². The first-order valence-electron chi connectivity index (χ1n) is 6.90. The minimum atomic E-state index is 0.643. The van der Waals surface area contributed by atoms with Crippen molar-refractivity contribution in [2.45, 2.75) is 25.9 Å². The lowest BCUT2D eigenvalue weighted by Crippen LogP contribution is -2.21. The fourth-order valence-electron chi connectivity index (χ4n) is 1.61. The van der Waals surface area contributed by atoms with Gasteiger partial charge in [-0.2, -0.15) is 0 Å². The number of aryl methyl sites for hydroxylation is 1. The highest BCUT2D eigenvalue weighted by molar-refractivity contribution is 4.79. The van der Waals surface area contributed by atoms with Gasteiger partial charge >= 0.3 is 0 Å².